The zero-order valence-corrected chi connectivity index (χ0v) is 25.8. The quantitative estimate of drug-likeness (QED) is 0.146. The van der Waals surface area contributed by atoms with Crippen LogP contribution in [0.1, 0.15) is 19.4 Å². The fourth-order valence-electron chi connectivity index (χ4n) is 4.75. The van der Waals surface area contributed by atoms with Gasteiger partial charge < -0.3 is 4.74 Å². The minimum absolute atomic E-state index is 0.140. The number of rotatable bonds is 10. The minimum Gasteiger partial charge on any atom is -0.457 e. The third kappa shape index (κ3) is 6.45. The van der Waals surface area contributed by atoms with Gasteiger partial charge in [0, 0.05) is 16.1 Å². The predicted octanol–water partition coefficient (Wildman–Crippen LogP) is 9.44. The Balaban J connectivity index is 1.30. The first-order valence-electron chi connectivity index (χ1n) is 14.3. The molecule has 44 heavy (non-hydrogen) atoms. The monoisotopic (exact) mass is 620 g/mol. The van der Waals surface area contributed by atoms with E-state index < -0.39 is 0 Å². The van der Waals surface area contributed by atoms with E-state index in [0.717, 1.165) is 29.9 Å². The summed E-state index contributed by atoms with van der Waals surface area (Å²) < 4.78 is 5.88. The Morgan fingerprint density at radius 1 is 0.841 bits per heavy atom. The van der Waals surface area contributed by atoms with Crippen molar-refractivity contribution in [2.75, 3.05) is 24.7 Å². The predicted molar refractivity (Wildman–Crippen MR) is 178 cm³/mol. The van der Waals surface area contributed by atoms with Crippen molar-refractivity contribution >= 4 is 56.1 Å². The number of ether oxygens (including phenoxy) is 1. The van der Waals surface area contributed by atoms with Gasteiger partial charge in [0.15, 0.2) is 5.00 Å². The molecule has 0 atom stereocenters. The van der Waals surface area contributed by atoms with Crippen LogP contribution in [0.15, 0.2) is 118 Å². The molecule has 220 valence electrons. The maximum absolute atomic E-state index is 13.7. The summed E-state index contributed by atoms with van der Waals surface area (Å²) in [6.45, 7) is 6.36. The average molecular weight is 621 g/mol. The highest BCUT2D eigenvalue weighted by Gasteiger charge is 2.34. The van der Waals surface area contributed by atoms with E-state index in [-0.39, 0.29) is 5.91 Å². The number of thiazole rings is 1. The molecule has 4 aromatic carbocycles. The van der Waals surface area contributed by atoms with Crippen molar-refractivity contribution in [3.8, 4) is 22.8 Å². The molecule has 0 radical (unpaired) electrons. The van der Waals surface area contributed by atoms with Gasteiger partial charge in [-0.05, 0) is 67.7 Å². The zero-order valence-electron chi connectivity index (χ0n) is 24.2. The van der Waals surface area contributed by atoms with Gasteiger partial charge in [0.1, 0.15) is 22.9 Å². The standard InChI is InChI=1S/C34H29ClN6O2S/c1-3-40(4-2)22-41-29-13-9-8-12-28(29)31(33(41)42)37-34-36-30(23-10-6-5-7-11-23)32(44-34)39-38-25-16-20-27(21-17-25)43-26-18-14-24(35)15-19-26/h5-21H,3-4,22H2,1-2H3/b37-31-,39-38?. The van der Waals surface area contributed by atoms with Crippen molar-refractivity contribution in [3.05, 3.63) is 114 Å². The SMILES string of the molecule is CCN(CC)CN1C(=O)/C(=N\c2nc(-c3ccccc3)c(N=Nc3ccc(Oc4ccc(Cl)cc4)cc3)s2)c2ccccc21. The van der Waals surface area contributed by atoms with Gasteiger partial charge in [0.2, 0.25) is 5.13 Å². The number of fused-ring (bicyclic) bond motifs is 1. The number of amides is 1. The van der Waals surface area contributed by atoms with Gasteiger partial charge in [-0.1, -0.05) is 85.3 Å². The number of azo groups is 1. The van der Waals surface area contributed by atoms with Crippen LogP contribution in [0.2, 0.25) is 5.02 Å². The molecular formula is C34H29ClN6O2S. The molecule has 8 nitrogen and oxygen atoms in total. The Kier molecular flexibility index (Phi) is 8.88. The fraction of sp³-hybridized carbons (Fsp3) is 0.147. The second kappa shape index (κ2) is 13.3. The first-order chi connectivity index (χ1) is 21.5. The van der Waals surface area contributed by atoms with E-state index in [0.29, 0.717) is 50.4 Å². The molecule has 10 heteroatoms. The van der Waals surface area contributed by atoms with Crippen LogP contribution in [0.25, 0.3) is 11.3 Å². The van der Waals surface area contributed by atoms with Gasteiger partial charge >= 0.3 is 0 Å². The number of hydrogen-bond donors (Lipinski definition) is 0. The van der Waals surface area contributed by atoms with Gasteiger partial charge in [0.25, 0.3) is 5.91 Å². The Labute approximate surface area is 265 Å². The fourth-order valence-corrected chi connectivity index (χ4v) is 5.67. The lowest BCUT2D eigenvalue weighted by molar-refractivity contribution is -0.112. The van der Waals surface area contributed by atoms with Crippen LogP contribution in [0.4, 0.5) is 21.5 Å². The molecule has 1 aromatic heterocycles. The van der Waals surface area contributed by atoms with Crippen LogP contribution in [-0.4, -0.2) is 41.3 Å². The number of carbonyl (C=O) groups excluding carboxylic acids is 1. The molecule has 0 saturated carbocycles. The number of aromatic nitrogens is 1. The van der Waals surface area contributed by atoms with Gasteiger partial charge in [-0.2, -0.15) is 0 Å². The highest BCUT2D eigenvalue weighted by Crippen LogP contribution is 2.41. The van der Waals surface area contributed by atoms with E-state index in [4.69, 9.17) is 26.3 Å². The van der Waals surface area contributed by atoms with Gasteiger partial charge in [0.05, 0.1) is 18.0 Å². The second-order valence-electron chi connectivity index (χ2n) is 9.92. The summed E-state index contributed by atoms with van der Waals surface area (Å²) in [6, 6.07) is 32.0. The molecule has 0 aliphatic carbocycles. The van der Waals surface area contributed by atoms with Gasteiger partial charge in [-0.15, -0.1) is 10.2 Å². The summed E-state index contributed by atoms with van der Waals surface area (Å²) >= 11 is 7.26. The van der Waals surface area contributed by atoms with Gasteiger partial charge in [-0.3, -0.25) is 14.6 Å². The number of nitrogens with zero attached hydrogens (tertiary/aromatic N) is 6. The molecule has 6 rings (SSSR count). The van der Waals surface area contributed by atoms with Gasteiger partial charge in [-0.25, -0.2) is 9.98 Å². The second-order valence-corrected chi connectivity index (χ2v) is 11.3. The normalized spacial score (nSPS) is 13.8. The molecule has 0 bridgehead atoms. The molecule has 1 amide bonds. The summed E-state index contributed by atoms with van der Waals surface area (Å²) in [5, 5.41) is 10.7. The Bertz CT molecular complexity index is 1820. The molecule has 0 N–H and O–H groups in total. The molecule has 0 saturated heterocycles. The molecule has 5 aromatic rings. The maximum Gasteiger partial charge on any atom is 0.278 e. The zero-order chi connectivity index (χ0) is 30.5. The van der Waals surface area contributed by atoms with E-state index in [1.54, 1.807) is 17.0 Å². The molecule has 0 fully saturated rings. The summed E-state index contributed by atoms with van der Waals surface area (Å²) in [4.78, 5) is 27.2. The number of hydrogen-bond acceptors (Lipinski definition) is 8. The number of carbonyl (C=O) groups is 1. The lowest BCUT2D eigenvalue weighted by atomic mass is 10.1. The van der Waals surface area contributed by atoms with E-state index in [1.165, 1.54) is 11.3 Å². The molecule has 0 unspecified atom stereocenters. The number of aliphatic imine (C=N–C) groups is 1. The van der Waals surface area contributed by atoms with Crippen molar-refractivity contribution in [2.24, 2.45) is 15.2 Å². The third-order valence-electron chi connectivity index (χ3n) is 7.13. The largest absolute Gasteiger partial charge is 0.457 e. The Morgan fingerprint density at radius 2 is 1.50 bits per heavy atom. The number of para-hydroxylation sites is 1. The highest BCUT2D eigenvalue weighted by molar-refractivity contribution is 7.19. The smallest absolute Gasteiger partial charge is 0.278 e. The third-order valence-corrected chi connectivity index (χ3v) is 8.21. The van der Waals surface area contributed by atoms with Crippen LogP contribution in [-0.2, 0) is 4.79 Å². The van der Waals surface area contributed by atoms with Crippen molar-refractivity contribution in [1.82, 2.24) is 9.88 Å². The number of benzene rings is 4. The number of anilines is 1. The minimum atomic E-state index is -0.140. The number of halogens is 1. The van der Waals surface area contributed by atoms with Crippen LogP contribution >= 0.6 is 22.9 Å². The van der Waals surface area contributed by atoms with Crippen LogP contribution in [0.5, 0.6) is 11.5 Å². The first kappa shape index (κ1) is 29.4. The molecule has 1 aliphatic heterocycles. The summed E-state index contributed by atoms with van der Waals surface area (Å²) in [5.41, 5.74) is 4.22. The first-order valence-corrected chi connectivity index (χ1v) is 15.5. The van der Waals surface area contributed by atoms with E-state index in [1.807, 2.05) is 91.0 Å². The van der Waals surface area contributed by atoms with Crippen molar-refractivity contribution < 1.29 is 9.53 Å². The Morgan fingerprint density at radius 3 is 2.20 bits per heavy atom. The lowest BCUT2D eigenvalue weighted by Gasteiger charge is -2.25. The molecular weight excluding hydrogens is 592 g/mol. The van der Waals surface area contributed by atoms with Crippen LogP contribution < -0.4 is 9.64 Å². The highest BCUT2D eigenvalue weighted by atomic mass is 35.5. The van der Waals surface area contributed by atoms with Crippen molar-refractivity contribution in [2.45, 2.75) is 13.8 Å². The molecule has 2 heterocycles. The van der Waals surface area contributed by atoms with E-state index in [9.17, 15) is 4.79 Å². The van der Waals surface area contributed by atoms with Crippen LogP contribution in [0, 0.1) is 0 Å². The average Bonchev–Trinajstić information content (AvgIpc) is 3.59. The molecule has 1 aliphatic rings. The van der Waals surface area contributed by atoms with Crippen molar-refractivity contribution in [1.29, 1.82) is 0 Å². The van der Waals surface area contributed by atoms with Crippen molar-refractivity contribution in [3.63, 3.8) is 0 Å². The van der Waals surface area contributed by atoms with E-state index >= 15 is 0 Å². The maximum atomic E-state index is 13.7. The summed E-state index contributed by atoms with van der Waals surface area (Å²) in [5.74, 6) is 1.22. The molecule has 0 spiro atoms. The van der Waals surface area contributed by atoms with Crippen LogP contribution in [0.3, 0.4) is 0 Å². The van der Waals surface area contributed by atoms with E-state index in [2.05, 4.69) is 29.0 Å². The Hall–Kier alpha value is -4.70. The summed E-state index contributed by atoms with van der Waals surface area (Å²) in [6.07, 6.45) is 0. The summed E-state index contributed by atoms with van der Waals surface area (Å²) in [7, 11) is 0. The lowest BCUT2D eigenvalue weighted by Crippen LogP contribution is -2.41. The topological polar surface area (TPSA) is 82.8 Å².